The van der Waals surface area contributed by atoms with Gasteiger partial charge in [-0.25, -0.2) is 9.37 Å². The van der Waals surface area contributed by atoms with E-state index < -0.39 is 0 Å². The number of aryl methyl sites for hydroxylation is 2. The lowest BCUT2D eigenvalue weighted by Gasteiger charge is -2.04. The predicted octanol–water partition coefficient (Wildman–Crippen LogP) is 3.85. The van der Waals surface area contributed by atoms with Gasteiger partial charge < -0.3 is 9.88 Å². The first-order chi connectivity index (χ1) is 14.0. The summed E-state index contributed by atoms with van der Waals surface area (Å²) in [7, 11) is 1.95. The van der Waals surface area contributed by atoms with E-state index in [2.05, 4.69) is 15.4 Å². The number of rotatable bonds is 7. The van der Waals surface area contributed by atoms with Crippen LogP contribution in [0.3, 0.4) is 0 Å². The van der Waals surface area contributed by atoms with Gasteiger partial charge in [-0.15, -0.1) is 11.3 Å². The predicted molar refractivity (Wildman–Crippen MR) is 114 cm³/mol. The van der Waals surface area contributed by atoms with Gasteiger partial charge in [-0.05, 0) is 30.7 Å². The molecule has 29 heavy (non-hydrogen) atoms. The third kappa shape index (κ3) is 4.35. The molecule has 0 fully saturated rings. The maximum absolute atomic E-state index is 13.1. The summed E-state index contributed by atoms with van der Waals surface area (Å²) >= 11 is 3.03. The van der Waals surface area contributed by atoms with Crippen molar-refractivity contribution in [2.75, 3.05) is 12.3 Å². The van der Waals surface area contributed by atoms with Crippen LogP contribution in [0.2, 0.25) is 0 Å². The van der Waals surface area contributed by atoms with Gasteiger partial charge in [-0.2, -0.15) is 5.10 Å². The second-order valence-electron chi connectivity index (χ2n) is 6.62. The van der Waals surface area contributed by atoms with Crippen LogP contribution in [0.4, 0.5) is 4.39 Å². The molecular formula is C20H20FN5OS2. The molecular weight excluding hydrogens is 409 g/mol. The summed E-state index contributed by atoms with van der Waals surface area (Å²) < 4.78 is 17.0. The van der Waals surface area contributed by atoms with E-state index in [0.717, 1.165) is 32.4 Å². The average molecular weight is 430 g/mol. The average Bonchev–Trinajstić information content (AvgIpc) is 3.39. The van der Waals surface area contributed by atoms with Crippen LogP contribution in [0.1, 0.15) is 20.9 Å². The smallest absolute Gasteiger partial charge is 0.261 e. The Bertz CT molecular complexity index is 1150. The Morgan fingerprint density at radius 3 is 2.83 bits per heavy atom. The Labute approximate surface area is 175 Å². The molecule has 0 aliphatic heterocycles. The van der Waals surface area contributed by atoms with Gasteiger partial charge in [0.15, 0.2) is 5.16 Å². The topological polar surface area (TPSA) is 64.7 Å². The number of carbonyl (C=O) groups is 1. The lowest BCUT2D eigenvalue weighted by atomic mass is 10.2. The summed E-state index contributed by atoms with van der Waals surface area (Å²) in [6.07, 6.45) is 3.66. The van der Waals surface area contributed by atoms with Gasteiger partial charge in [0.1, 0.15) is 10.6 Å². The molecule has 0 spiro atoms. The minimum atomic E-state index is -0.258. The zero-order chi connectivity index (χ0) is 20.4. The largest absolute Gasteiger partial charge is 0.350 e. The number of benzene rings is 1. The molecule has 3 aromatic heterocycles. The maximum atomic E-state index is 13.1. The molecule has 1 aromatic carbocycles. The van der Waals surface area contributed by atoms with Crippen molar-refractivity contribution in [3.05, 3.63) is 64.7 Å². The molecule has 4 rings (SSSR count). The number of thiophene rings is 1. The summed E-state index contributed by atoms with van der Waals surface area (Å²) in [5.41, 5.74) is 1.84. The van der Waals surface area contributed by atoms with Crippen LogP contribution in [0, 0.1) is 12.7 Å². The van der Waals surface area contributed by atoms with Gasteiger partial charge >= 0.3 is 0 Å². The van der Waals surface area contributed by atoms with Crippen LogP contribution < -0.4 is 5.32 Å². The zero-order valence-electron chi connectivity index (χ0n) is 16.1. The monoisotopic (exact) mass is 429 g/mol. The number of aromatic nitrogens is 4. The molecule has 150 valence electrons. The summed E-state index contributed by atoms with van der Waals surface area (Å²) in [5.74, 6) is 0.407. The molecule has 0 bridgehead atoms. The number of nitrogens with one attached hydrogen (secondary N) is 1. The van der Waals surface area contributed by atoms with E-state index in [-0.39, 0.29) is 11.7 Å². The van der Waals surface area contributed by atoms with Gasteiger partial charge in [-0.1, -0.05) is 23.9 Å². The fraction of sp³-hybridized carbons (Fsp3) is 0.250. The summed E-state index contributed by atoms with van der Waals surface area (Å²) in [4.78, 5) is 18.4. The number of hydrogen-bond donors (Lipinski definition) is 1. The summed E-state index contributed by atoms with van der Waals surface area (Å²) in [6, 6.07) is 8.28. The van der Waals surface area contributed by atoms with E-state index in [1.807, 2.05) is 35.5 Å². The first kappa shape index (κ1) is 19.7. The van der Waals surface area contributed by atoms with Gasteiger partial charge in [0.25, 0.3) is 5.91 Å². The van der Waals surface area contributed by atoms with E-state index in [9.17, 15) is 9.18 Å². The van der Waals surface area contributed by atoms with Gasteiger partial charge in [0.05, 0.1) is 17.1 Å². The van der Waals surface area contributed by atoms with E-state index in [1.54, 1.807) is 30.1 Å². The second-order valence-corrected chi connectivity index (χ2v) is 8.72. The number of imidazole rings is 1. The van der Waals surface area contributed by atoms with Crippen molar-refractivity contribution in [3.63, 3.8) is 0 Å². The molecule has 0 aliphatic rings. The van der Waals surface area contributed by atoms with Crippen LogP contribution in [0.25, 0.3) is 10.2 Å². The number of halogens is 1. The van der Waals surface area contributed by atoms with Crippen LogP contribution in [0.5, 0.6) is 0 Å². The summed E-state index contributed by atoms with van der Waals surface area (Å²) in [5, 5.41) is 9.44. The Morgan fingerprint density at radius 1 is 1.31 bits per heavy atom. The Kier molecular flexibility index (Phi) is 5.68. The van der Waals surface area contributed by atoms with Crippen molar-refractivity contribution in [3.8, 4) is 0 Å². The normalized spacial score (nSPS) is 11.3. The molecule has 0 atom stereocenters. The highest BCUT2D eigenvalue weighted by molar-refractivity contribution is 7.99. The minimum absolute atomic E-state index is 0.0839. The number of amides is 1. The first-order valence-corrected chi connectivity index (χ1v) is 10.9. The highest BCUT2D eigenvalue weighted by atomic mass is 32.2. The fourth-order valence-corrected chi connectivity index (χ4v) is 4.84. The second kappa shape index (κ2) is 8.38. The van der Waals surface area contributed by atoms with E-state index in [4.69, 9.17) is 0 Å². The highest BCUT2D eigenvalue weighted by Gasteiger charge is 2.16. The molecule has 0 saturated carbocycles. The van der Waals surface area contributed by atoms with Crippen molar-refractivity contribution in [2.45, 2.75) is 18.6 Å². The molecule has 4 aromatic rings. The molecule has 0 unspecified atom stereocenters. The van der Waals surface area contributed by atoms with Gasteiger partial charge in [0, 0.05) is 37.1 Å². The standard InChI is InChI=1S/C20H20FN5OS2/c1-13-16-11-17(18(27)22-8-10-28-20-23-7-9-25(20)2)29-19(16)26(24-13)12-14-3-5-15(21)6-4-14/h3-7,9,11H,8,10,12H2,1-2H3,(H,22,27). The van der Waals surface area contributed by atoms with Crippen LogP contribution in [0.15, 0.2) is 47.9 Å². The first-order valence-electron chi connectivity index (χ1n) is 9.11. The van der Waals surface area contributed by atoms with Crippen molar-refractivity contribution >= 4 is 39.2 Å². The molecule has 1 N–H and O–H groups in total. The number of hydrogen-bond acceptors (Lipinski definition) is 5. The quantitative estimate of drug-likeness (QED) is 0.358. The lowest BCUT2D eigenvalue weighted by Crippen LogP contribution is -2.24. The fourth-order valence-electron chi connectivity index (χ4n) is 2.98. The number of carbonyl (C=O) groups excluding carboxylic acids is 1. The number of fused-ring (bicyclic) bond motifs is 1. The molecule has 0 aliphatic carbocycles. The van der Waals surface area contributed by atoms with Crippen LogP contribution >= 0.6 is 23.1 Å². The van der Waals surface area contributed by atoms with E-state index in [1.165, 1.54) is 23.5 Å². The zero-order valence-corrected chi connectivity index (χ0v) is 17.7. The SMILES string of the molecule is Cc1nn(Cc2ccc(F)cc2)c2sc(C(=O)NCCSc3nccn3C)cc12. The highest BCUT2D eigenvalue weighted by Crippen LogP contribution is 2.29. The van der Waals surface area contributed by atoms with Crippen molar-refractivity contribution in [1.82, 2.24) is 24.6 Å². The van der Waals surface area contributed by atoms with Crippen molar-refractivity contribution in [1.29, 1.82) is 0 Å². The van der Waals surface area contributed by atoms with Crippen molar-refractivity contribution < 1.29 is 9.18 Å². The van der Waals surface area contributed by atoms with Crippen LogP contribution in [-0.4, -0.2) is 37.5 Å². The molecule has 1 amide bonds. The van der Waals surface area contributed by atoms with Crippen LogP contribution in [-0.2, 0) is 13.6 Å². The van der Waals surface area contributed by atoms with Crippen molar-refractivity contribution in [2.24, 2.45) is 7.05 Å². The Hall–Kier alpha value is -2.65. The van der Waals surface area contributed by atoms with E-state index >= 15 is 0 Å². The Balaban J connectivity index is 1.42. The third-order valence-electron chi connectivity index (χ3n) is 4.47. The Morgan fingerprint density at radius 2 is 2.10 bits per heavy atom. The number of nitrogens with zero attached hydrogens (tertiary/aromatic N) is 4. The van der Waals surface area contributed by atoms with Gasteiger partial charge in [0.2, 0.25) is 0 Å². The number of thioether (sulfide) groups is 1. The molecule has 9 heteroatoms. The lowest BCUT2D eigenvalue weighted by molar-refractivity contribution is 0.0960. The molecule has 3 heterocycles. The molecule has 0 radical (unpaired) electrons. The summed E-state index contributed by atoms with van der Waals surface area (Å²) in [6.45, 7) is 3.03. The maximum Gasteiger partial charge on any atom is 0.261 e. The minimum Gasteiger partial charge on any atom is -0.350 e. The third-order valence-corrected chi connectivity index (χ3v) is 6.68. The molecule has 6 nitrogen and oxygen atoms in total. The van der Waals surface area contributed by atoms with Gasteiger partial charge in [-0.3, -0.25) is 9.48 Å². The molecule has 0 saturated heterocycles. The van der Waals surface area contributed by atoms with E-state index in [0.29, 0.717) is 18.0 Å².